The fraction of sp³-hybridized carbons (Fsp3) is 0.917. The number of carbonyl (C=O) groups is 1. The van der Waals surface area contributed by atoms with E-state index in [4.69, 9.17) is 5.73 Å². The summed E-state index contributed by atoms with van der Waals surface area (Å²) in [5.41, 5.74) is 5.73. The van der Waals surface area contributed by atoms with Crippen LogP contribution in [-0.4, -0.2) is 18.5 Å². The van der Waals surface area contributed by atoms with E-state index < -0.39 is 0 Å². The standard InChI is InChI=1S/C12H26N2O/c1-9(7-12(3,4)5)6-11(15)14-10(2)8-13/h9-10H,6-8,13H2,1-5H3,(H,14,15)/t9?,10-/m1/s1. The molecule has 1 unspecified atom stereocenters. The lowest BCUT2D eigenvalue weighted by Gasteiger charge is -2.23. The van der Waals surface area contributed by atoms with Crippen molar-refractivity contribution in [3.63, 3.8) is 0 Å². The molecule has 90 valence electrons. The lowest BCUT2D eigenvalue weighted by molar-refractivity contribution is -0.122. The van der Waals surface area contributed by atoms with Gasteiger partial charge in [0.15, 0.2) is 0 Å². The van der Waals surface area contributed by atoms with Crippen molar-refractivity contribution in [2.75, 3.05) is 6.54 Å². The zero-order chi connectivity index (χ0) is 12.1. The molecule has 0 aromatic carbocycles. The highest BCUT2D eigenvalue weighted by Gasteiger charge is 2.18. The SMILES string of the molecule is CC(CC(=O)N[C@H](C)CN)CC(C)(C)C. The van der Waals surface area contributed by atoms with Gasteiger partial charge >= 0.3 is 0 Å². The zero-order valence-electron chi connectivity index (χ0n) is 10.8. The second-order valence-corrected chi connectivity index (χ2v) is 5.78. The number of nitrogens with one attached hydrogen (secondary N) is 1. The summed E-state index contributed by atoms with van der Waals surface area (Å²) >= 11 is 0. The average Bonchev–Trinajstić information content (AvgIpc) is 1.99. The summed E-state index contributed by atoms with van der Waals surface area (Å²) in [6.07, 6.45) is 1.67. The Morgan fingerprint density at radius 2 is 1.87 bits per heavy atom. The van der Waals surface area contributed by atoms with Crippen molar-refractivity contribution in [2.45, 2.75) is 53.5 Å². The third kappa shape index (κ3) is 8.43. The zero-order valence-corrected chi connectivity index (χ0v) is 10.8. The van der Waals surface area contributed by atoms with Crippen LogP contribution in [0, 0.1) is 11.3 Å². The third-order valence-corrected chi connectivity index (χ3v) is 2.26. The van der Waals surface area contributed by atoms with Gasteiger partial charge in [-0.2, -0.15) is 0 Å². The fourth-order valence-electron chi connectivity index (χ4n) is 1.83. The topological polar surface area (TPSA) is 55.1 Å². The maximum Gasteiger partial charge on any atom is 0.220 e. The third-order valence-electron chi connectivity index (χ3n) is 2.26. The monoisotopic (exact) mass is 214 g/mol. The lowest BCUT2D eigenvalue weighted by Crippen LogP contribution is -2.38. The van der Waals surface area contributed by atoms with Crippen LogP contribution in [0.25, 0.3) is 0 Å². The summed E-state index contributed by atoms with van der Waals surface area (Å²) in [5.74, 6) is 0.541. The minimum absolute atomic E-state index is 0.0827. The van der Waals surface area contributed by atoms with Gasteiger partial charge in [-0.25, -0.2) is 0 Å². The molecule has 3 nitrogen and oxygen atoms in total. The highest BCUT2D eigenvalue weighted by Crippen LogP contribution is 2.25. The maximum absolute atomic E-state index is 11.5. The summed E-state index contributed by atoms with van der Waals surface area (Å²) in [7, 11) is 0. The molecule has 0 bridgehead atoms. The van der Waals surface area contributed by atoms with Crippen LogP contribution in [0.3, 0.4) is 0 Å². The highest BCUT2D eigenvalue weighted by atomic mass is 16.1. The van der Waals surface area contributed by atoms with Gasteiger partial charge in [0.25, 0.3) is 0 Å². The van der Waals surface area contributed by atoms with E-state index in [2.05, 4.69) is 33.0 Å². The summed E-state index contributed by atoms with van der Waals surface area (Å²) < 4.78 is 0. The van der Waals surface area contributed by atoms with Gasteiger partial charge in [0.2, 0.25) is 5.91 Å². The molecule has 15 heavy (non-hydrogen) atoms. The van der Waals surface area contributed by atoms with Crippen molar-refractivity contribution in [2.24, 2.45) is 17.1 Å². The van der Waals surface area contributed by atoms with Crippen molar-refractivity contribution in [3.05, 3.63) is 0 Å². The summed E-state index contributed by atoms with van der Waals surface area (Å²) in [5, 5.41) is 2.88. The molecule has 0 radical (unpaired) electrons. The van der Waals surface area contributed by atoms with Crippen LogP contribution in [0.1, 0.15) is 47.5 Å². The maximum atomic E-state index is 11.5. The number of nitrogens with two attached hydrogens (primary N) is 1. The van der Waals surface area contributed by atoms with Crippen LogP contribution in [0.5, 0.6) is 0 Å². The summed E-state index contributed by atoms with van der Waals surface area (Å²) in [6, 6.07) is 0.0827. The first kappa shape index (κ1) is 14.4. The van der Waals surface area contributed by atoms with Crippen molar-refractivity contribution < 1.29 is 4.79 Å². The molecule has 0 saturated carbocycles. The minimum Gasteiger partial charge on any atom is -0.352 e. The van der Waals surface area contributed by atoms with Gasteiger partial charge in [-0.1, -0.05) is 27.7 Å². The fourth-order valence-corrected chi connectivity index (χ4v) is 1.83. The van der Waals surface area contributed by atoms with Crippen LogP contribution in [0.2, 0.25) is 0 Å². The number of amides is 1. The van der Waals surface area contributed by atoms with Gasteiger partial charge in [-0.05, 0) is 24.7 Å². The van der Waals surface area contributed by atoms with E-state index in [9.17, 15) is 4.79 Å². The predicted molar refractivity (Wildman–Crippen MR) is 64.5 cm³/mol. The van der Waals surface area contributed by atoms with E-state index in [0.29, 0.717) is 24.3 Å². The minimum atomic E-state index is 0.0827. The van der Waals surface area contributed by atoms with Crippen molar-refractivity contribution in [3.8, 4) is 0 Å². The van der Waals surface area contributed by atoms with Crippen LogP contribution in [0.4, 0.5) is 0 Å². The molecule has 1 amide bonds. The Kier molecular flexibility index (Phi) is 5.88. The van der Waals surface area contributed by atoms with Crippen LogP contribution >= 0.6 is 0 Å². The molecule has 0 rings (SSSR count). The van der Waals surface area contributed by atoms with Gasteiger partial charge in [0.05, 0.1) is 0 Å². The predicted octanol–water partition coefficient (Wildman–Crippen LogP) is 1.91. The first-order chi connectivity index (χ1) is 6.74. The van der Waals surface area contributed by atoms with Crippen LogP contribution in [-0.2, 0) is 4.79 Å². The first-order valence-electron chi connectivity index (χ1n) is 5.74. The Balaban J connectivity index is 3.87. The molecule has 3 N–H and O–H groups in total. The Labute approximate surface area is 93.8 Å². The second kappa shape index (κ2) is 6.11. The molecule has 0 aliphatic carbocycles. The largest absolute Gasteiger partial charge is 0.352 e. The molecule has 0 heterocycles. The second-order valence-electron chi connectivity index (χ2n) is 5.78. The van der Waals surface area contributed by atoms with Gasteiger partial charge in [-0.3, -0.25) is 4.79 Å². The molecular weight excluding hydrogens is 188 g/mol. The summed E-state index contributed by atoms with van der Waals surface area (Å²) in [4.78, 5) is 11.5. The van der Waals surface area contributed by atoms with Gasteiger partial charge in [0.1, 0.15) is 0 Å². The van der Waals surface area contributed by atoms with Crippen molar-refractivity contribution >= 4 is 5.91 Å². The molecule has 0 saturated heterocycles. The Hall–Kier alpha value is -0.570. The molecule has 0 fully saturated rings. The van der Waals surface area contributed by atoms with Crippen LogP contribution in [0.15, 0.2) is 0 Å². The highest BCUT2D eigenvalue weighted by molar-refractivity contribution is 5.76. The summed E-state index contributed by atoms with van der Waals surface area (Å²) in [6.45, 7) is 11.1. The van der Waals surface area contributed by atoms with Gasteiger partial charge in [0, 0.05) is 19.0 Å². The molecule has 0 spiro atoms. The number of rotatable bonds is 5. The van der Waals surface area contributed by atoms with Crippen molar-refractivity contribution in [1.29, 1.82) is 0 Å². The molecule has 2 atom stereocenters. The van der Waals surface area contributed by atoms with Gasteiger partial charge < -0.3 is 11.1 Å². The van der Waals surface area contributed by atoms with Crippen LogP contribution < -0.4 is 11.1 Å². The number of carbonyl (C=O) groups excluding carboxylic acids is 1. The van der Waals surface area contributed by atoms with Gasteiger partial charge in [-0.15, -0.1) is 0 Å². The van der Waals surface area contributed by atoms with E-state index in [1.807, 2.05) is 6.92 Å². The Morgan fingerprint density at radius 3 is 2.27 bits per heavy atom. The molecule has 0 aliphatic rings. The molecular formula is C12H26N2O. The van der Waals surface area contributed by atoms with E-state index in [1.54, 1.807) is 0 Å². The quantitative estimate of drug-likeness (QED) is 0.734. The molecule has 3 heteroatoms. The van der Waals surface area contributed by atoms with E-state index in [-0.39, 0.29) is 11.9 Å². The molecule has 0 aliphatic heterocycles. The van der Waals surface area contributed by atoms with Crippen molar-refractivity contribution in [1.82, 2.24) is 5.32 Å². The number of hydrogen-bond acceptors (Lipinski definition) is 2. The normalized spacial score (nSPS) is 15.9. The van der Waals surface area contributed by atoms with E-state index >= 15 is 0 Å². The molecule has 0 aromatic rings. The Morgan fingerprint density at radius 1 is 1.33 bits per heavy atom. The average molecular weight is 214 g/mol. The lowest BCUT2D eigenvalue weighted by atomic mass is 9.84. The molecule has 0 aromatic heterocycles. The first-order valence-corrected chi connectivity index (χ1v) is 5.74. The number of hydrogen-bond donors (Lipinski definition) is 2. The smallest absolute Gasteiger partial charge is 0.220 e. The van der Waals surface area contributed by atoms with E-state index in [0.717, 1.165) is 6.42 Å². The van der Waals surface area contributed by atoms with E-state index in [1.165, 1.54) is 0 Å². The Bertz CT molecular complexity index is 196.